The van der Waals surface area contributed by atoms with Crippen molar-refractivity contribution in [2.45, 2.75) is 23.8 Å². The van der Waals surface area contributed by atoms with Gasteiger partial charge in [0.1, 0.15) is 16.2 Å². The Kier molecular flexibility index (Phi) is 3.16. The first-order valence-electron chi connectivity index (χ1n) is 5.89. The van der Waals surface area contributed by atoms with Gasteiger partial charge in [-0.15, -0.1) is 11.3 Å². The summed E-state index contributed by atoms with van der Waals surface area (Å²) in [5, 5.41) is 2.18. The highest BCUT2D eigenvalue weighted by atomic mass is 32.2. The number of aryl methyl sites for hydroxylation is 2. The van der Waals surface area contributed by atoms with Crippen LogP contribution in [0, 0.1) is 13.8 Å². The van der Waals surface area contributed by atoms with Crippen LogP contribution in [0.15, 0.2) is 40.5 Å². The van der Waals surface area contributed by atoms with Crippen molar-refractivity contribution in [1.82, 2.24) is 9.97 Å². The molecule has 0 amide bonds. The molecule has 0 saturated carbocycles. The predicted octanol–water partition coefficient (Wildman–Crippen LogP) is 4.04. The molecule has 3 rings (SSSR count). The van der Waals surface area contributed by atoms with E-state index in [9.17, 15) is 0 Å². The number of thiophene rings is 1. The van der Waals surface area contributed by atoms with Crippen LogP contribution in [0.2, 0.25) is 0 Å². The maximum absolute atomic E-state index is 5.70. The molecule has 0 bridgehead atoms. The zero-order valence-electron chi connectivity index (χ0n) is 10.7. The Morgan fingerprint density at radius 2 is 1.84 bits per heavy atom. The summed E-state index contributed by atoms with van der Waals surface area (Å²) < 4.78 is 0. The fourth-order valence-corrected chi connectivity index (χ4v) is 3.88. The van der Waals surface area contributed by atoms with Gasteiger partial charge in [-0.25, -0.2) is 9.97 Å². The smallest absolute Gasteiger partial charge is 0.128 e. The SMILES string of the molecule is Cc1sc2ncnc(Sc3ccc(N)cc3)c2c1C. The van der Waals surface area contributed by atoms with Gasteiger partial charge in [-0.2, -0.15) is 0 Å². The fraction of sp³-hybridized carbons (Fsp3) is 0.143. The monoisotopic (exact) mass is 287 g/mol. The minimum atomic E-state index is 0.778. The number of fused-ring (bicyclic) bond motifs is 1. The van der Waals surface area contributed by atoms with Gasteiger partial charge in [0.05, 0.1) is 0 Å². The third-order valence-electron chi connectivity index (χ3n) is 3.03. The van der Waals surface area contributed by atoms with Gasteiger partial charge in [-0.05, 0) is 43.7 Å². The molecule has 1 aromatic carbocycles. The molecule has 0 aliphatic rings. The number of aromatic nitrogens is 2. The van der Waals surface area contributed by atoms with E-state index in [1.807, 2.05) is 24.3 Å². The van der Waals surface area contributed by atoms with Crippen molar-refractivity contribution in [1.29, 1.82) is 0 Å². The molecular formula is C14H13N3S2. The summed E-state index contributed by atoms with van der Waals surface area (Å²) >= 11 is 3.37. The van der Waals surface area contributed by atoms with Gasteiger partial charge in [-0.3, -0.25) is 0 Å². The van der Waals surface area contributed by atoms with Crippen LogP contribution < -0.4 is 5.73 Å². The Labute approximate surface area is 119 Å². The number of rotatable bonds is 2. The molecule has 0 aliphatic carbocycles. The molecular weight excluding hydrogens is 274 g/mol. The molecule has 0 spiro atoms. The second-order valence-electron chi connectivity index (χ2n) is 4.31. The second kappa shape index (κ2) is 4.83. The van der Waals surface area contributed by atoms with E-state index in [1.165, 1.54) is 15.8 Å². The van der Waals surface area contributed by atoms with Gasteiger partial charge in [0.2, 0.25) is 0 Å². The van der Waals surface area contributed by atoms with Crippen LogP contribution in [-0.4, -0.2) is 9.97 Å². The number of benzene rings is 1. The first-order valence-corrected chi connectivity index (χ1v) is 7.52. The minimum Gasteiger partial charge on any atom is -0.399 e. The molecule has 2 aromatic heterocycles. The Bertz CT molecular complexity index is 732. The maximum atomic E-state index is 5.70. The molecule has 96 valence electrons. The second-order valence-corrected chi connectivity index (χ2v) is 6.58. The molecule has 5 heteroatoms. The van der Waals surface area contributed by atoms with Crippen LogP contribution in [0.4, 0.5) is 5.69 Å². The number of anilines is 1. The summed E-state index contributed by atoms with van der Waals surface area (Å²) in [6.07, 6.45) is 1.64. The van der Waals surface area contributed by atoms with Crippen LogP contribution in [0.5, 0.6) is 0 Å². The molecule has 2 N–H and O–H groups in total. The van der Waals surface area contributed by atoms with E-state index >= 15 is 0 Å². The zero-order chi connectivity index (χ0) is 13.4. The summed E-state index contributed by atoms with van der Waals surface area (Å²) in [5.74, 6) is 0. The highest BCUT2D eigenvalue weighted by Crippen LogP contribution is 2.37. The molecule has 2 heterocycles. The van der Waals surface area contributed by atoms with Crippen molar-refractivity contribution >= 4 is 39.0 Å². The Balaban J connectivity index is 2.07. The average Bonchev–Trinajstić information content (AvgIpc) is 2.69. The minimum absolute atomic E-state index is 0.778. The Morgan fingerprint density at radius 3 is 2.58 bits per heavy atom. The lowest BCUT2D eigenvalue weighted by atomic mass is 10.2. The van der Waals surface area contributed by atoms with Crippen molar-refractivity contribution < 1.29 is 0 Å². The van der Waals surface area contributed by atoms with E-state index in [-0.39, 0.29) is 0 Å². The molecule has 0 radical (unpaired) electrons. The zero-order valence-corrected chi connectivity index (χ0v) is 12.3. The normalized spacial score (nSPS) is 11.1. The lowest BCUT2D eigenvalue weighted by Gasteiger charge is -2.03. The number of hydrogen-bond acceptors (Lipinski definition) is 5. The van der Waals surface area contributed by atoms with Crippen LogP contribution in [0.3, 0.4) is 0 Å². The van der Waals surface area contributed by atoms with E-state index in [0.29, 0.717) is 0 Å². The van der Waals surface area contributed by atoms with Crippen molar-refractivity contribution in [3.05, 3.63) is 41.0 Å². The summed E-state index contributed by atoms with van der Waals surface area (Å²) in [6, 6.07) is 7.85. The summed E-state index contributed by atoms with van der Waals surface area (Å²) in [4.78, 5) is 12.3. The number of nitrogens with two attached hydrogens (primary N) is 1. The highest BCUT2D eigenvalue weighted by Gasteiger charge is 2.12. The van der Waals surface area contributed by atoms with Crippen molar-refractivity contribution in [2.24, 2.45) is 0 Å². The topological polar surface area (TPSA) is 51.8 Å². The van der Waals surface area contributed by atoms with E-state index < -0.39 is 0 Å². The average molecular weight is 287 g/mol. The summed E-state index contributed by atoms with van der Waals surface area (Å²) in [5.41, 5.74) is 7.76. The van der Waals surface area contributed by atoms with Gasteiger partial charge in [-0.1, -0.05) is 11.8 Å². The maximum Gasteiger partial charge on any atom is 0.128 e. The third kappa shape index (κ3) is 2.31. The van der Waals surface area contributed by atoms with E-state index in [0.717, 1.165) is 20.4 Å². The Hall–Kier alpha value is -1.59. The molecule has 0 fully saturated rings. The molecule has 3 nitrogen and oxygen atoms in total. The molecule has 0 aliphatic heterocycles. The lowest BCUT2D eigenvalue weighted by Crippen LogP contribution is -1.86. The van der Waals surface area contributed by atoms with E-state index in [1.54, 1.807) is 29.4 Å². The van der Waals surface area contributed by atoms with Crippen LogP contribution >= 0.6 is 23.1 Å². The standard InChI is InChI=1S/C14H13N3S2/c1-8-9(2)18-13-12(8)14(17-7-16-13)19-11-5-3-10(15)4-6-11/h3-7H,15H2,1-2H3. The first-order chi connectivity index (χ1) is 9.15. The van der Waals surface area contributed by atoms with Gasteiger partial charge >= 0.3 is 0 Å². The predicted molar refractivity (Wildman–Crippen MR) is 81.9 cm³/mol. The van der Waals surface area contributed by atoms with Crippen LogP contribution in [0.25, 0.3) is 10.2 Å². The highest BCUT2D eigenvalue weighted by molar-refractivity contribution is 7.99. The number of nitrogens with zero attached hydrogens (tertiary/aromatic N) is 2. The molecule has 0 saturated heterocycles. The number of nitrogen functional groups attached to an aromatic ring is 1. The van der Waals surface area contributed by atoms with E-state index in [4.69, 9.17) is 5.73 Å². The summed E-state index contributed by atoms with van der Waals surface area (Å²) in [6.45, 7) is 4.25. The van der Waals surface area contributed by atoms with E-state index in [2.05, 4.69) is 23.8 Å². The quantitative estimate of drug-likeness (QED) is 0.571. The molecule has 0 unspecified atom stereocenters. The van der Waals surface area contributed by atoms with Crippen LogP contribution in [0.1, 0.15) is 10.4 Å². The van der Waals surface area contributed by atoms with Crippen molar-refractivity contribution in [3.63, 3.8) is 0 Å². The molecule has 0 atom stereocenters. The van der Waals surface area contributed by atoms with Crippen molar-refractivity contribution in [3.8, 4) is 0 Å². The summed E-state index contributed by atoms with van der Waals surface area (Å²) in [7, 11) is 0. The number of hydrogen-bond donors (Lipinski definition) is 1. The van der Waals surface area contributed by atoms with Gasteiger partial charge in [0.15, 0.2) is 0 Å². The van der Waals surface area contributed by atoms with Gasteiger partial charge in [0.25, 0.3) is 0 Å². The van der Waals surface area contributed by atoms with Gasteiger partial charge in [0, 0.05) is 20.8 Å². The van der Waals surface area contributed by atoms with Gasteiger partial charge < -0.3 is 5.73 Å². The molecule has 3 aromatic rings. The Morgan fingerprint density at radius 1 is 1.11 bits per heavy atom. The van der Waals surface area contributed by atoms with Crippen molar-refractivity contribution in [2.75, 3.05) is 5.73 Å². The fourth-order valence-electron chi connectivity index (χ4n) is 1.87. The largest absolute Gasteiger partial charge is 0.399 e. The lowest BCUT2D eigenvalue weighted by molar-refractivity contribution is 1.10. The third-order valence-corrected chi connectivity index (χ3v) is 5.15. The molecule has 19 heavy (non-hydrogen) atoms. The first kappa shape index (κ1) is 12.4. The van der Waals surface area contributed by atoms with Crippen LogP contribution in [-0.2, 0) is 0 Å².